The maximum absolute atomic E-state index is 11.4. The molecule has 0 aromatic heterocycles. The molecule has 1 amide bonds. The van der Waals surface area contributed by atoms with Gasteiger partial charge in [0.25, 0.3) is 0 Å². The Morgan fingerprint density at radius 3 is 3.00 bits per heavy atom. The minimum atomic E-state index is 0.000434. The van der Waals surface area contributed by atoms with Gasteiger partial charge < -0.3 is 15.4 Å². The molecular formula is C13H26N2O2. The Kier molecular flexibility index (Phi) is 7.21. The molecule has 1 saturated heterocycles. The lowest BCUT2D eigenvalue weighted by Crippen LogP contribution is -2.32. The largest absolute Gasteiger partial charge is 0.372 e. The Hall–Kier alpha value is -0.610. The van der Waals surface area contributed by atoms with Gasteiger partial charge in [0.2, 0.25) is 5.91 Å². The molecule has 100 valence electrons. The van der Waals surface area contributed by atoms with E-state index < -0.39 is 0 Å². The van der Waals surface area contributed by atoms with Crippen LogP contribution >= 0.6 is 0 Å². The molecule has 0 aromatic carbocycles. The number of hydrogen-bond acceptors (Lipinski definition) is 3. The third-order valence-electron chi connectivity index (χ3n) is 3.01. The van der Waals surface area contributed by atoms with Crippen molar-refractivity contribution >= 4 is 5.91 Å². The molecule has 1 rings (SSSR count). The first-order valence-corrected chi connectivity index (χ1v) is 6.73. The van der Waals surface area contributed by atoms with Gasteiger partial charge in [-0.25, -0.2) is 0 Å². The molecule has 0 aliphatic carbocycles. The number of carbonyl (C=O) groups is 1. The second-order valence-electron chi connectivity index (χ2n) is 5.25. The highest BCUT2D eigenvalue weighted by Crippen LogP contribution is 2.13. The fraction of sp³-hybridized carbons (Fsp3) is 0.923. The summed E-state index contributed by atoms with van der Waals surface area (Å²) in [4.78, 5) is 11.4. The first kappa shape index (κ1) is 14.5. The summed E-state index contributed by atoms with van der Waals surface area (Å²) < 4.78 is 5.39. The van der Waals surface area contributed by atoms with Gasteiger partial charge in [-0.3, -0.25) is 4.79 Å². The van der Waals surface area contributed by atoms with E-state index in [1.54, 1.807) is 0 Å². The third kappa shape index (κ3) is 7.34. The number of ether oxygens (including phenoxy) is 1. The second kappa shape index (κ2) is 8.48. The maximum Gasteiger partial charge on any atom is 0.246 e. The van der Waals surface area contributed by atoms with Gasteiger partial charge in [-0.1, -0.05) is 13.8 Å². The minimum absolute atomic E-state index is 0.000434. The van der Waals surface area contributed by atoms with Gasteiger partial charge in [0.05, 0.1) is 0 Å². The van der Waals surface area contributed by atoms with Crippen molar-refractivity contribution in [3.8, 4) is 0 Å². The van der Waals surface area contributed by atoms with Crippen LogP contribution in [0.25, 0.3) is 0 Å². The number of rotatable bonds is 7. The van der Waals surface area contributed by atoms with E-state index in [1.165, 1.54) is 12.8 Å². The summed E-state index contributed by atoms with van der Waals surface area (Å²) in [6.45, 7) is 8.04. The van der Waals surface area contributed by atoms with Crippen molar-refractivity contribution in [2.75, 3.05) is 32.8 Å². The molecule has 4 heteroatoms. The average molecular weight is 242 g/mol. The Bertz CT molecular complexity index is 213. The van der Waals surface area contributed by atoms with Gasteiger partial charge in [0.15, 0.2) is 0 Å². The molecule has 0 aromatic rings. The van der Waals surface area contributed by atoms with E-state index in [4.69, 9.17) is 4.74 Å². The lowest BCUT2D eigenvalue weighted by Gasteiger charge is -2.22. The quantitative estimate of drug-likeness (QED) is 0.659. The zero-order valence-corrected chi connectivity index (χ0v) is 11.1. The molecular weight excluding hydrogens is 216 g/mol. The van der Waals surface area contributed by atoms with Gasteiger partial charge in [0, 0.05) is 13.2 Å². The summed E-state index contributed by atoms with van der Waals surface area (Å²) in [7, 11) is 0. The summed E-state index contributed by atoms with van der Waals surface area (Å²) in [5, 5.41) is 6.23. The second-order valence-corrected chi connectivity index (χ2v) is 5.25. The zero-order valence-electron chi connectivity index (χ0n) is 11.1. The van der Waals surface area contributed by atoms with Crippen molar-refractivity contribution in [1.29, 1.82) is 0 Å². The summed E-state index contributed by atoms with van der Waals surface area (Å²) in [6.07, 6.45) is 3.61. The standard InChI is InChI=1S/C13H26N2O2/c1-11(2)8-15-13(16)10-17-7-5-12-4-3-6-14-9-12/h11-12,14H,3-10H2,1-2H3,(H,15,16). The Morgan fingerprint density at radius 2 is 2.35 bits per heavy atom. The lowest BCUT2D eigenvalue weighted by molar-refractivity contribution is -0.126. The maximum atomic E-state index is 11.4. The normalized spacial score (nSPS) is 20.5. The number of nitrogens with one attached hydrogen (secondary N) is 2. The predicted octanol–water partition coefficient (Wildman–Crippen LogP) is 1.16. The van der Waals surface area contributed by atoms with Crippen LogP contribution < -0.4 is 10.6 Å². The number of piperidine rings is 1. The summed E-state index contributed by atoms with van der Waals surface area (Å²) >= 11 is 0. The van der Waals surface area contributed by atoms with E-state index in [1.807, 2.05) is 0 Å². The van der Waals surface area contributed by atoms with Crippen LogP contribution in [-0.2, 0) is 9.53 Å². The fourth-order valence-electron chi connectivity index (χ4n) is 1.95. The van der Waals surface area contributed by atoms with Crippen LogP contribution in [-0.4, -0.2) is 38.8 Å². The molecule has 1 aliphatic heterocycles. The van der Waals surface area contributed by atoms with Crippen LogP contribution in [0, 0.1) is 11.8 Å². The van der Waals surface area contributed by atoms with E-state index in [-0.39, 0.29) is 12.5 Å². The van der Waals surface area contributed by atoms with E-state index in [9.17, 15) is 4.79 Å². The first-order chi connectivity index (χ1) is 8.18. The highest BCUT2D eigenvalue weighted by molar-refractivity contribution is 5.77. The molecule has 1 fully saturated rings. The van der Waals surface area contributed by atoms with Crippen LogP contribution in [0.15, 0.2) is 0 Å². The van der Waals surface area contributed by atoms with E-state index in [2.05, 4.69) is 24.5 Å². The average Bonchev–Trinajstić information content (AvgIpc) is 2.33. The van der Waals surface area contributed by atoms with Crippen LogP contribution in [0.2, 0.25) is 0 Å². The first-order valence-electron chi connectivity index (χ1n) is 6.73. The highest BCUT2D eigenvalue weighted by atomic mass is 16.5. The Balaban J connectivity index is 1.94. The number of hydrogen-bond donors (Lipinski definition) is 2. The smallest absolute Gasteiger partial charge is 0.246 e. The molecule has 1 unspecified atom stereocenters. The molecule has 0 saturated carbocycles. The SMILES string of the molecule is CC(C)CNC(=O)COCCC1CCCNC1. The molecule has 4 nitrogen and oxygen atoms in total. The molecule has 0 radical (unpaired) electrons. The summed E-state index contributed by atoms with van der Waals surface area (Å²) in [5.41, 5.74) is 0. The summed E-state index contributed by atoms with van der Waals surface area (Å²) in [5.74, 6) is 1.22. The van der Waals surface area contributed by atoms with E-state index in [0.29, 0.717) is 12.5 Å². The van der Waals surface area contributed by atoms with Crippen molar-refractivity contribution in [2.45, 2.75) is 33.1 Å². The van der Waals surface area contributed by atoms with Crippen molar-refractivity contribution < 1.29 is 9.53 Å². The number of amides is 1. The summed E-state index contributed by atoms with van der Waals surface area (Å²) in [6, 6.07) is 0. The third-order valence-corrected chi connectivity index (χ3v) is 3.01. The molecule has 1 heterocycles. The monoisotopic (exact) mass is 242 g/mol. The zero-order chi connectivity index (χ0) is 12.5. The van der Waals surface area contributed by atoms with Gasteiger partial charge in [-0.15, -0.1) is 0 Å². The van der Waals surface area contributed by atoms with Crippen molar-refractivity contribution in [2.24, 2.45) is 11.8 Å². The number of carbonyl (C=O) groups excluding carboxylic acids is 1. The molecule has 2 N–H and O–H groups in total. The predicted molar refractivity (Wildman–Crippen MR) is 68.9 cm³/mol. The van der Waals surface area contributed by atoms with Crippen LogP contribution in [0.4, 0.5) is 0 Å². The van der Waals surface area contributed by atoms with Crippen molar-refractivity contribution in [1.82, 2.24) is 10.6 Å². The van der Waals surface area contributed by atoms with Crippen LogP contribution in [0.3, 0.4) is 0 Å². The van der Waals surface area contributed by atoms with Gasteiger partial charge in [0.1, 0.15) is 6.61 Å². The Labute approximate surface area is 104 Å². The van der Waals surface area contributed by atoms with Gasteiger partial charge >= 0.3 is 0 Å². The lowest BCUT2D eigenvalue weighted by atomic mass is 9.97. The van der Waals surface area contributed by atoms with Crippen molar-refractivity contribution in [3.05, 3.63) is 0 Å². The van der Waals surface area contributed by atoms with Crippen LogP contribution in [0.5, 0.6) is 0 Å². The van der Waals surface area contributed by atoms with Gasteiger partial charge in [-0.2, -0.15) is 0 Å². The van der Waals surface area contributed by atoms with E-state index in [0.717, 1.165) is 32.0 Å². The molecule has 1 atom stereocenters. The van der Waals surface area contributed by atoms with Crippen LogP contribution in [0.1, 0.15) is 33.1 Å². The topological polar surface area (TPSA) is 50.4 Å². The van der Waals surface area contributed by atoms with Gasteiger partial charge in [-0.05, 0) is 44.2 Å². The Morgan fingerprint density at radius 1 is 1.53 bits per heavy atom. The van der Waals surface area contributed by atoms with E-state index >= 15 is 0 Å². The minimum Gasteiger partial charge on any atom is -0.372 e. The molecule has 17 heavy (non-hydrogen) atoms. The molecule has 1 aliphatic rings. The van der Waals surface area contributed by atoms with Crippen molar-refractivity contribution in [3.63, 3.8) is 0 Å². The molecule has 0 spiro atoms. The fourth-order valence-corrected chi connectivity index (χ4v) is 1.95. The molecule has 0 bridgehead atoms. The highest BCUT2D eigenvalue weighted by Gasteiger charge is 2.12.